The molecule has 4 nitrogen and oxygen atoms in total. The first-order valence-electron chi connectivity index (χ1n) is 3.89. The van der Waals surface area contributed by atoms with E-state index in [1.807, 2.05) is 0 Å². The minimum Gasteiger partial charge on any atom is -0.321 e. The van der Waals surface area contributed by atoms with Gasteiger partial charge in [0.15, 0.2) is 0 Å². The van der Waals surface area contributed by atoms with Crippen molar-refractivity contribution in [2.24, 2.45) is 5.73 Å². The molecule has 3 N–H and O–H groups in total. The fraction of sp³-hybridized carbons (Fsp3) is 0.500. The van der Waals surface area contributed by atoms with E-state index in [0.717, 1.165) is 25.1 Å². The standard InChI is InChI=1S/C8H12N4/c1-2-3-4-5-7(9)8-10-6-11-12-8/h1,6-7H,3-5,9H2,(H,10,11,12). The highest BCUT2D eigenvalue weighted by atomic mass is 15.2. The summed E-state index contributed by atoms with van der Waals surface area (Å²) < 4.78 is 0. The molecule has 0 aliphatic heterocycles. The molecule has 4 heteroatoms. The van der Waals surface area contributed by atoms with Crippen molar-refractivity contribution in [3.05, 3.63) is 12.2 Å². The first-order valence-corrected chi connectivity index (χ1v) is 3.89. The van der Waals surface area contributed by atoms with E-state index in [4.69, 9.17) is 12.2 Å². The Morgan fingerprint density at radius 2 is 2.58 bits per heavy atom. The van der Waals surface area contributed by atoms with Crippen molar-refractivity contribution in [3.63, 3.8) is 0 Å². The molecular formula is C8H12N4. The van der Waals surface area contributed by atoms with Gasteiger partial charge in [-0.2, -0.15) is 5.10 Å². The third-order valence-electron chi connectivity index (χ3n) is 1.62. The van der Waals surface area contributed by atoms with Gasteiger partial charge in [0.25, 0.3) is 0 Å². The quantitative estimate of drug-likeness (QED) is 0.506. The molecule has 0 amide bonds. The van der Waals surface area contributed by atoms with Crippen LogP contribution in [0.5, 0.6) is 0 Å². The largest absolute Gasteiger partial charge is 0.321 e. The summed E-state index contributed by atoms with van der Waals surface area (Å²) in [7, 11) is 0. The van der Waals surface area contributed by atoms with Crippen LogP contribution in [0.15, 0.2) is 6.33 Å². The van der Waals surface area contributed by atoms with Gasteiger partial charge in [0.2, 0.25) is 0 Å². The van der Waals surface area contributed by atoms with E-state index in [1.165, 1.54) is 6.33 Å². The minimum absolute atomic E-state index is 0.0687. The van der Waals surface area contributed by atoms with Crippen LogP contribution >= 0.6 is 0 Å². The second-order valence-corrected chi connectivity index (χ2v) is 2.57. The highest BCUT2D eigenvalue weighted by Crippen LogP contribution is 2.10. The molecule has 0 aromatic carbocycles. The molecule has 0 spiro atoms. The van der Waals surface area contributed by atoms with Crippen LogP contribution in [0.3, 0.4) is 0 Å². The van der Waals surface area contributed by atoms with Gasteiger partial charge in [0, 0.05) is 6.42 Å². The van der Waals surface area contributed by atoms with Gasteiger partial charge in [-0.15, -0.1) is 12.3 Å². The molecule has 0 aliphatic carbocycles. The van der Waals surface area contributed by atoms with Crippen molar-refractivity contribution in [2.45, 2.75) is 25.3 Å². The maximum Gasteiger partial charge on any atom is 0.141 e. The molecule has 0 aliphatic rings. The van der Waals surface area contributed by atoms with Crippen LogP contribution in [-0.2, 0) is 0 Å². The second-order valence-electron chi connectivity index (χ2n) is 2.57. The van der Waals surface area contributed by atoms with Crippen molar-refractivity contribution >= 4 is 0 Å². The third kappa shape index (κ3) is 2.36. The van der Waals surface area contributed by atoms with Gasteiger partial charge in [-0.25, -0.2) is 4.98 Å². The molecule has 64 valence electrons. The number of nitrogens with two attached hydrogens (primary N) is 1. The van der Waals surface area contributed by atoms with Gasteiger partial charge < -0.3 is 5.73 Å². The van der Waals surface area contributed by atoms with Crippen LogP contribution in [-0.4, -0.2) is 15.2 Å². The Kier molecular flexibility index (Phi) is 3.30. The Morgan fingerprint density at radius 3 is 3.17 bits per heavy atom. The number of hydrogen-bond acceptors (Lipinski definition) is 3. The molecule has 0 fully saturated rings. The zero-order valence-corrected chi connectivity index (χ0v) is 6.83. The monoisotopic (exact) mass is 164 g/mol. The summed E-state index contributed by atoms with van der Waals surface area (Å²) in [6.07, 6.45) is 9.10. The SMILES string of the molecule is C#CCCCC(N)c1ncn[nH]1. The summed E-state index contributed by atoms with van der Waals surface area (Å²) in [5.41, 5.74) is 5.78. The summed E-state index contributed by atoms with van der Waals surface area (Å²) >= 11 is 0. The van der Waals surface area contributed by atoms with E-state index in [-0.39, 0.29) is 6.04 Å². The molecule has 1 rings (SSSR count). The van der Waals surface area contributed by atoms with Gasteiger partial charge in [-0.1, -0.05) is 0 Å². The van der Waals surface area contributed by atoms with Gasteiger partial charge in [0.1, 0.15) is 12.2 Å². The highest BCUT2D eigenvalue weighted by molar-refractivity contribution is 4.90. The molecule has 0 saturated heterocycles. The fourth-order valence-corrected chi connectivity index (χ4v) is 0.954. The van der Waals surface area contributed by atoms with Gasteiger partial charge in [-0.3, -0.25) is 5.10 Å². The van der Waals surface area contributed by atoms with Gasteiger partial charge in [0.05, 0.1) is 6.04 Å². The first-order chi connectivity index (χ1) is 5.84. The number of unbranched alkanes of at least 4 members (excludes halogenated alkanes) is 1. The van der Waals surface area contributed by atoms with Crippen LogP contribution in [0.25, 0.3) is 0 Å². The molecule has 0 saturated carbocycles. The Bertz CT molecular complexity index is 247. The van der Waals surface area contributed by atoms with Crippen LogP contribution in [0.4, 0.5) is 0 Å². The molecule has 1 aromatic rings. The van der Waals surface area contributed by atoms with Gasteiger partial charge >= 0.3 is 0 Å². The lowest BCUT2D eigenvalue weighted by Gasteiger charge is -2.05. The number of rotatable bonds is 4. The molecular weight excluding hydrogens is 152 g/mol. The Labute approximate surface area is 71.6 Å². The molecule has 0 bridgehead atoms. The maximum absolute atomic E-state index is 5.78. The summed E-state index contributed by atoms with van der Waals surface area (Å²) in [5.74, 6) is 3.30. The highest BCUT2D eigenvalue weighted by Gasteiger charge is 2.06. The molecule has 1 unspecified atom stereocenters. The van der Waals surface area contributed by atoms with Crippen LogP contribution in [0.1, 0.15) is 31.1 Å². The second kappa shape index (κ2) is 4.52. The lowest BCUT2D eigenvalue weighted by molar-refractivity contribution is 0.591. The zero-order valence-electron chi connectivity index (χ0n) is 6.83. The van der Waals surface area contributed by atoms with Gasteiger partial charge in [-0.05, 0) is 12.8 Å². The molecule has 12 heavy (non-hydrogen) atoms. The third-order valence-corrected chi connectivity index (χ3v) is 1.62. The Morgan fingerprint density at radius 1 is 1.75 bits per heavy atom. The smallest absolute Gasteiger partial charge is 0.141 e. The minimum atomic E-state index is -0.0687. The van der Waals surface area contributed by atoms with Crippen molar-refractivity contribution < 1.29 is 0 Å². The molecule has 1 atom stereocenters. The lowest BCUT2D eigenvalue weighted by atomic mass is 10.1. The predicted octanol–water partition coefficient (Wildman–Crippen LogP) is 0.608. The Balaban J connectivity index is 2.30. The number of hydrogen-bond donors (Lipinski definition) is 2. The van der Waals surface area contributed by atoms with Crippen LogP contribution < -0.4 is 5.73 Å². The molecule has 1 heterocycles. The normalized spacial score (nSPS) is 12.3. The molecule has 1 aromatic heterocycles. The molecule has 0 radical (unpaired) electrons. The lowest BCUT2D eigenvalue weighted by Crippen LogP contribution is -2.11. The van der Waals surface area contributed by atoms with Crippen LogP contribution in [0, 0.1) is 12.3 Å². The van der Waals surface area contributed by atoms with E-state index in [0.29, 0.717) is 0 Å². The first kappa shape index (κ1) is 8.75. The predicted molar refractivity (Wildman–Crippen MR) is 46.0 cm³/mol. The summed E-state index contributed by atoms with van der Waals surface area (Å²) in [6.45, 7) is 0. The van der Waals surface area contributed by atoms with E-state index >= 15 is 0 Å². The zero-order chi connectivity index (χ0) is 8.81. The number of nitrogens with one attached hydrogen (secondary N) is 1. The van der Waals surface area contributed by atoms with E-state index in [2.05, 4.69) is 21.1 Å². The average molecular weight is 164 g/mol. The summed E-state index contributed by atoms with van der Waals surface area (Å²) in [4.78, 5) is 3.95. The van der Waals surface area contributed by atoms with Crippen molar-refractivity contribution in [1.29, 1.82) is 0 Å². The number of aromatic amines is 1. The van der Waals surface area contributed by atoms with E-state index in [9.17, 15) is 0 Å². The summed E-state index contributed by atoms with van der Waals surface area (Å²) in [5, 5.41) is 6.44. The average Bonchev–Trinajstić information content (AvgIpc) is 2.56. The summed E-state index contributed by atoms with van der Waals surface area (Å²) in [6, 6.07) is -0.0687. The topological polar surface area (TPSA) is 67.6 Å². The van der Waals surface area contributed by atoms with Crippen LogP contribution in [0.2, 0.25) is 0 Å². The number of H-pyrrole nitrogens is 1. The number of terminal acetylenes is 1. The van der Waals surface area contributed by atoms with Crippen molar-refractivity contribution in [1.82, 2.24) is 15.2 Å². The maximum atomic E-state index is 5.78. The number of aromatic nitrogens is 3. The van der Waals surface area contributed by atoms with Crippen molar-refractivity contribution in [3.8, 4) is 12.3 Å². The number of nitrogens with zero attached hydrogens (tertiary/aromatic N) is 2. The fourth-order valence-electron chi connectivity index (χ4n) is 0.954. The Hall–Kier alpha value is -1.34. The van der Waals surface area contributed by atoms with E-state index in [1.54, 1.807) is 0 Å². The van der Waals surface area contributed by atoms with E-state index < -0.39 is 0 Å². The van der Waals surface area contributed by atoms with Crippen molar-refractivity contribution in [2.75, 3.05) is 0 Å².